The quantitative estimate of drug-likeness (QED) is 0.579. The summed E-state index contributed by atoms with van der Waals surface area (Å²) < 4.78 is 0. The normalized spacial score (nSPS) is 29.1. The zero-order valence-corrected chi connectivity index (χ0v) is 7.69. The molecule has 1 aromatic carbocycles. The van der Waals surface area contributed by atoms with Crippen LogP contribution in [0.3, 0.4) is 0 Å². The molecule has 0 heterocycles. The monoisotopic (exact) mass is 186 g/mol. The third-order valence-corrected chi connectivity index (χ3v) is 3.37. The molecule has 1 aromatic rings. The van der Waals surface area contributed by atoms with E-state index in [1.807, 2.05) is 24.3 Å². The summed E-state index contributed by atoms with van der Waals surface area (Å²) in [5.41, 5.74) is 2.18. The maximum absolute atomic E-state index is 11.6. The number of ketones is 2. The maximum Gasteiger partial charge on any atom is 0.206 e. The Morgan fingerprint density at radius 2 is 1.29 bits per heavy atom. The number of hydrogen-bond acceptors (Lipinski definition) is 2. The van der Waals surface area contributed by atoms with E-state index in [1.165, 1.54) is 0 Å². The number of carbonyl (C=O) groups is 2. The molecule has 0 N–H and O–H groups in total. The van der Waals surface area contributed by atoms with Crippen LogP contribution in [0.5, 0.6) is 0 Å². The van der Waals surface area contributed by atoms with Gasteiger partial charge in [0.2, 0.25) is 11.6 Å². The van der Waals surface area contributed by atoms with E-state index in [1.54, 1.807) is 0 Å². The summed E-state index contributed by atoms with van der Waals surface area (Å²) >= 11 is 0. The average Bonchev–Trinajstić information content (AvgIpc) is 2.24. The summed E-state index contributed by atoms with van der Waals surface area (Å²) in [6, 6.07) is 7.85. The largest absolute Gasteiger partial charge is 0.290 e. The summed E-state index contributed by atoms with van der Waals surface area (Å²) in [5.74, 6) is -0.604. The van der Waals surface area contributed by atoms with Gasteiger partial charge in [-0.25, -0.2) is 0 Å². The van der Waals surface area contributed by atoms with Crippen LogP contribution in [0.25, 0.3) is 0 Å². The molecule has 2 atom stereocenters. The molecule has 0 saturated heterocycles. The zero-order valence-electron chi connectivity index (χ0n) is 7.69. The lowest BCUT2D eigenvalue weighted by Crippen LogP contribution is -2.38. The Morgan fingerprint density at radius 1 is 0.857 bits per heavy atom. The van der Waals surface area contributed by atoms with Crippen molar-refractivity contribution < 1.29 is 9.59 Å². The topological polar surface area (TPSA) is 34.1 Å². The van der Waals surface area contributed by atoms with Crippen molar-refractivity contribution >= 4 is 11.6 Å². The highest BCUT2D eigenvalue weighted by atomic mass is 16.2. The van der Waals surface area contributed by atoms with Crippen LogP contribution in [0.15, 0.2) is 24.3 Å². The Hall–Kier alpha value is -1.44. The molecule has 0 aromatic heterocycles. The SMILES string of the molecule is O=C1C(=O)[C@H]2CC[C@H]1c1ccccc12. The minimum absolute atomic E-state index is 0.135. The van der Waals surface area contributed by atoms with Gasteiger partial charge in [-0.05, 0) is 24.0 Å². The Balaban J connectivity index is 2.27. The van der Waals surface area contributed by atoms with E-state index in [0.717, 1.165) is 24.0 Å². The predicted molar refractivity (Wildman–Crippen MR) is 51.2 cm³/mol. The van der Waals surface area contributed by atoms with Crippen LogP contribution < -0.4 is 0 Å². The molecule has 3 aliphatic carbocycles. The van der Waals surface area contributed by atoms with E-state index in [4.69, 9.17) is 0 Å². The second-order valence-corrected chi connectivity index (χ2v) is 4.04. The summed E-state index contributed by atoms with van der Waals surface area (Å²) in [5, 5.41) is 0. The molecule has 0 amide bonds. The first-order chi connectivity index (χ1) is 6.79. The first-order valence-electron chi connectivity index (χ1n) is 4.96. The van der Waals surface area contributed by atoms with E-state index in [0.29, 0.717) is 0 Å². The third kappa shape index (κ3) is 0.808. The van der Waals surface area contributed by atoms with Crippen molar-refractivity contribution in [3.63, 3.8) is 0 Å². The molecule has 0 unspecified atom stereocenters. The Kier molecular flexibility index (Phi) is 1.43. The average molecular weight is 186 g/mol. The number of carbonyl (C=O) groups excluding carboxylic acids is 2. The van der Waals surface area contributed by atoms with Crippen LogP contribution >= 0.6 is 0 Å². The predicted octanol–water partition coefficient (Wildman–Crippen LogP) is 1.80. The number of fused-ring (bicyclic) bond motifs is 2. The van der Waals surface area contributed by atoms with Gasteiger partial charge in [0.05, 0.1) is 11.8 Å². The molecular formula is C12H10O2. The van der Waals surface area contributed by atoms with Crippen LogP contribution in [0, 0.1) is 0 Å². The minimum atomic E-state index is -0.167. The molecule has 14 heavy (non-hydrogen) atoms. The van der Waals surface area contributed by atoms with Gasteiger partial charge in [0.15, 0.2) is 0 Å². The van der Waals surface area contributed by atoms with Crippen molar-refractivity contribution in [1.29, 1.82) is 0 Å². The number of benzene rings is 1. The number of hydrogen-bond donors (Lipinski definition) is 0. The summed E-state index contributed by atoms with van der Waals surface area (Å²) in [6.07, 6.45) is 1.71. The van der Waals surface area contributed by atoms with Crippen LogP contribution in [0.4, 0.5) is 0 Å². The Labute approximate surface area is 81.9 Å². The lowest BCUT2D eigenvalue weighted by molar-refractivity contribution is -0.141. The van der Waals surface area contributed by atoms with E-state index in [9.17, 15) is 9.59 Å². The van der Waals surface area contributed by atoms with Gasteiger partial charge in [-0.2, -0.15) is 0 Å². The van der Waals surface area contributed by atoms with Crippen LogP contribution in [0.2, 0.25) is 0 Å². The second kappa shape index (κ2) is 2.53. The van der Waals surface area contributed by atoms with Gasteiger partial charge >= 0.3 is 0 Å². The number of rotatable bonds is 0. The van der Waals surface area contributed by atoms with E-state index < -0.39 is 0 Å². The molecule has 2 nitrogen and oxygen atoms in total. The van der Waals surface area contributed by atoms with Crippen molar-refractivity contribution in [1.82, 2.24) is 0 Å². The highest BCUT2D eigenvalue weighted by Gasteiger charge is 2.44. The second-order valence-electron chi connectivity index (χ2n) is 4.04. The summed E-state index contributed by atoms with van der Waals surface area (Å²) in [4.78, 5) is 23.2. The van der Waals surface area contributed by atoms with Crippen molar-refractivity contribution in [2.75, 3.05) is 0 Å². The van der Waals surface area contributed by atoms with Crippen molar-refractivity contribution in [2.45, 2.75) is 24.7 Å². The highest BCUT2D eigenvalue weighted by molar-refractivity contribution is 6.43. The first kappa shape index (κ1) is 7.92. The molecule has 0 radical (unpaired) electrons. The van der Waals surface area contributed by atoms with Gasteiger partial charge in [-0.15, -0.1) is 0 Å². The summed E-state index contributed by atoms with van der Waals surface area (Å²) in [7, 11) is 0. The van der Waals surface area contributed by atoms with E-state index >= 15 is 0 Å². The Morgan fingerprint density at radius 3 is 1.71 bits per heavy atom. The molecule has 2 bridgehead atoms. The molecule has 0 aliphatic heterocycles. The Bertz CT molecular complexity index is 393. The maximum atomic E-state index is 11.6. The van der Waals surface area contributed by atoms with Gasteiger partial charge in [0.25, 0.3) is 0 Å². The molecule has 70 valence electrons. The highest BCUT2D eigenvalue weighted by Crippen LogP contribution is 2.45. The van der Waals surface area contributed by atoms with E-state index in [2.05, 4.69) is 0 Å². The standard InChI is InChI=1S/C12H10O2/c13-11-9-5-6-10(12(11)14)8-4-2-1-3-7(8)9/h1-4,9-10H,5-6H2/t9-,10-/m0/s1. The molecule has 0 spiro atoms. The zero-order chi connectivity index (χ0) is 9.71. The van der Waals surface area contributed by atoms with Gasteiger partial charge in [0.1, 0.15) is 0 Å². The molecular weight excluding hydrogens is 176 g/mol. The number of Topliss-reactive ketones (excluding diaryl/α,β-unsaturated/α-hetero) is 2. The molecule has 3 aliphatic rings. The summed E-state index contributed by atoms with van der Waals surface area (Å²) in [6.45, 7) is 0. The fourth-order valence-electron chi connectivity index (χ4n) is 2.68. The first-order valence-corrected chi connectivity index (χ1v) is 4.96. The van der Waals surface area contributed by atoms with Crippen LogP contribution in [-0.2, 0) is 9.59 Å². The fourth-order valence-corrected chi connectivity index (χ4v) is 2.68. The van der Waals surface area contributed by atoms with Gasteiger partial charge in [0, 0.05) is 0 Å². The van der Waals surface area contributed by atoms with Gasteiger partial charge < -0.3 is 0 Å². The van der Waals surface area contributed by atoms with Crippen molar-refractivity contribution in [3.05, 3.63) is 35.4 Å². The fraction of sp³-hybridized carbons (Fsp3) is 0.333. The molecule has 2 heteroatoms. The van der Waals surface area contributed by atoms with Crippen LogP contribution in [-0.4, -0.2) is 11.6 Å². The lowest BCUT2D eigenvalue weighted by Gasteiger charge is -2.35. The van der Waals surface area contributed by atoms with Gasteiger partial charge in [-0.1, -0.05) is 24.3 Å². The van der Waals surface area contributed by atoms with Crippen LogP contribution in [0.1, 0.15) is 35.8 Å². The smallest absolute Gasteiger partial charge is 0.206 e. The van der Waals surface area contributed by atoms with Crippen molar-refractivity contribution in [3.8, 4) is 0 Å². The van der Waals surface area contributed by atoms with Crippen molar-refractivity contribution in [2.24, 2.45) is 0 Å². The minimum Gasteiger partial charge on any atom is -0.290 e. The molecule has 1 fully saturated rings. The lowest BCUT2D eigenvalue weighted by atomic mass is 9.66. The van der Waals surface area contributed by atoms with Gasteiger partial charge in [-0.3, -0.25) is 9.59 Å². The third-order valence-electron chi connectivity index (χ3n) is 3.37. The van der Waals surface area contributed by atoms with E-state index in [-0.39, 0.29) is 23.4 Å². The molecule has 1 saturated carbocycles. The molecule has 4 rings (SSSR count).